The summed E-state index contributed by atoms with van der Waals surface area (Å²) in [5.41, 5.74) is 1.95. The molecule has 3 rings (SSSR count). The van der Waals surface area contributed by atoms with Crippen molar-refractivity contribution >= 4 is 5.97 Å². The van der Waals surface area contributed by atoms with Crippen molar-refractivity contribution < 1.29 is 14.6 Å². The Morgan fingerprint density at radius 3 is 2.60 bits per heavy atom. The minimum Gasteiger partial charge on any atom is -0.497 e. The van der Waals surface area contributed by atoms with E-state index in [4.69, 9.17) is 9.84 Å². The molecule has 25 heavy (non-hydrogen) atoms. The Balaban J connectivity index is 1.67. The van der Waals surface area contributed by atoms with Gasteiger partial charge in [0.1, 0.15) is 5.75 Å². The van der Waals surface area contributed by atoms with E-state index in [1.54, 1.807) is 7.11 Å². The maximum absolute atomic E-state index is 11.1. The van der Waals surface area contributed by atoms with Crippen molar-refractivity contribution in [1.82, 2.24) is 14.9 Å². The Morgan fingerprint density at radius 2 is 1.96 bits per heavy atom. The van der Waals surface area contributed by atoms with Gasteiger partial charge in [-0.25, -0.2) is 9.97 Å². The van der Waals surface area contributed by atoms with Crippen LogP contribution in [0.2, 0.25) is 0 Å². The van der Waals surface area contributed by atoms with Crippen LogP contribution in [-0.2, 0) is 11.3 Å². The summed E-state index contributed by atoms with van der Waals surface area (Å²) in [4.78, 5) is 22.2. The van der Waals surface area contributed by atoms with Crippen LogP contribution in [0.5, 0.6) is 5.75 Å². The molecule has 0 amide bonds. The van der Waals surface area contributed by atoms with E-state index >= 15 is 0 Å². The molecule has 0 radical (unpaired) electrons. The highest BCUT2D eigenvalue weighted by Gasteiger charge is 2.24. The van der Waals surface area contributed by atoms with Crippen molar-refractivity contribution in [3.05, 3.63) is 42.2 Å². The van der Waals surface area contributed by atoms with E-state index in [1.807, 2.05) is 36.7 Å². The number of benzene rings is 1. The maximum atomic E-state index is 11.1. The van der Waals surface area contributed by atoms with Gasteiger partial charge in [0, 0.05) is 36.1 Å². The Labute approximate surface area is 147 Å². The molecule has 0 unspecified atom stereocenters. The van der Waals surface area contributed by atoms with Crippen LogP contribution in [0.4, 0.5) is 0 Å². The molecule has 1 aliphatic rings. The van der Waals surface area contributed by atoms with Gasteiger partial charge in [-0.2, -0.15) is 0 Å². The monoisotopic (exact) mass is 341 g/mol. The van der Waals surface area contributed by atoms with Gasteiger partial charge in [0.2, 0.25) is 0 Å². The molecule has 6 nitrogen and oxygen atoms in total. The fourth-order valence-electron chi connectivity index (χ4n) is 3.26. The molecule has 1 aromatic carbocycles. The van der Waals surface area contributed by atoms with E-state index in [-0.39, 0.29) is 12.5 Å². The minimum absolute atomic E-state index is 0.104. The maximum Gasteiger partial charge on any atom is 0.304 e. The summed E-state index contributed by atoms with van der Waals surface area (Å²) in [5, 5.41) is 9.09. The number of piperidine rings is 1. The third kappa shape index (κ3) is 4.54. The fourth-order valence-corrected chi connectivity index (χ4v) is 3.26. The molecular weight excluding hydrogens is 318 g/mol. The first-order valence-corrected chi connectivity index (χ1v) is 8.57. The zero-order valence-corrected chi connectivity index (χ0v) is 14.4. The van der Waals surface area contributed by atoms with Crippen LogP contribution >= 0.6 is 0 Å². The van der Waals surface area contributed by atoms with Gasteiger partial charge < -0.3 is 9.84 Å². The zero-order chi connectivity index (χ0) is 17.6. The zero-order valence-electron chi connectivity index (χ0n) is 14.4. The van der Waals surface area contributed by atoms with Crippen molar-refractivity contribution in [2.75, 3.05) is 13.7 Å². The van der Waals surface area contributed by atoms with Gasteiger partial charge in [-0.15, -0.1) is 0 Å². The van der Waals surface area contributed by atoms with Crippen LogP contribution in [0.1, 0.15) is 31.2 Å². The van der Waals surface area contributed by atoms with E-state index in [1.165, 1.54) is 0 Å². The molecular formula is C19H23N3O3. The standard InChI is InChI=1S/C19H23N3O3/c1-25-17-7-5-15(6-8-17)19-20-11-14(12-21-19)13-22-9-3-2-4-16(22)10-18(23)24/h5-8,11-12,16H,2-4,9-10,13H2,1H3,(H,23,24)/t16-/m0/s1. The van der Waals surface area contributed by atoms with Gasteiger partial charge in [0.15, 0.2) is 5.82 Å². The van der Waals surface area contributed by atoms with Crippen LogP contribution in [-0.4, -0.2) is 45.6 Å². The van der Waals surface area contributed by atoms with E-state index < -0.39 is 5.97 Å². The summed E-state index contributed by atoms with van der Waals surface area (Å²) in [6.07, 6.45) is 7.02. The number of aliphatic carboxylic acids is 1. The molecule has 1 aromatic heterocycles. The van der Waals surface area contributed by atoms with Crippen LogP contribution < -0.4 is 4.74 Å². The number of hydrogen-bond acceptors (Lipinski definition) is 5. The molecule has 132 valence electrons. The van der Waals surface area contributed by atoms with Crippen molar-refractivity contribution in [2.45, 2.75) is 38.3 Å². The molecule has 0 saturated carbocycles. The smallest absolute Gasteiger partial charge is 0.304 e. The van der Waals surface area contributed by atoms with Crippen molar-refractivity contribution in [1.29, 1.82) is 0 Å². The van der Waals surface area contributed by atoms with E-state index in [2.05, 4.69) is 14.9 Å². The molecule has 0 bridgehead atoms. The number of carboxylic acids is 1. The predicted molar refractivity (Wildman–Crippen MR) is 94.3 cm³/mol. The number of ether oxygens (including phenoxy) is 1. The minimum atomic E-state index is -0.733. The molecule has 2 aromatic rings. The van der Waals surface area contributed by atoms with Gasteiger partial charge in [0.05, 0.1) is 13.5 Å². The first kappa shape index (κ1) is 17.4. The number of carboxylic acid groups (broad SMARTS) is 1. The SMILES string of the molecule is COc1ccc(-c2ncc(CN3CCCC[C@H]3CC(=O)O)cn2)cc1. The molecule has 0 spiro atoms. The average Bonchev–Trinajstić information content (AvgIpc) is 2.64. The molecule has 2 heterocycles. The lowest BCUT2D eigenvalue weighted by Gasteiger charge is -2.34. The van der Waals surface area contributed by atoms with E-state index in [9.17, 15) is 4.79 Å². The Bertz CT molecular complexity index is 701. The summed E-state index contributed by atoms with van der Waals surface area (Å²) in [6.45, 7) is 1.62. The van der Waals surface area contributed by atoms with Gasteiger partial charge >= 0.3 is 5.97 Å². The normalized spacial score (nSPS) is 18.0. The highest BCUT2D eigenvalue weighted by atomic mass is 16.5. The lowest BCUT2D eigenvalue weighted by atomic mass is 9.99. The highest BCUT2D eigenvalue weighted by molar-refractivity contribution is 5.67. The van der Waals surface area contributed by atoms with Crippen molar-refractivity contribution in [3.63, 3.8) is 0 Å². The molecule has 1 atom stereocenters. The Kier molecular flexibility index (Phi) is 5.60. The molecule has 1 aliphatic heterocycles. The average molecular weight is 341 g/mol. The number of nitrogens with zero attached hydrogens (tertiary/aromatic N) is 3. The van der Waals surface area contributed by atoms with Gasteiger partial charge in [-0.3, -0.25) is 9.69 Å². The second-order valence-electron chi connectivity index (χ2n) is 6.36. The quantitative estimate of drug-likeness (QED) is 0.870. The van der Waals surface area contributed by atoms with E-state index in [0.717, 1.165) is 42.7 Å². The third-order valence-electron chi connectivity index (χ3n) is 4.60. The molecule has 1 fully saturated rings. The van der Waals surface area contributed by atoms with Gasteiger partial charge in [0.25, 0.3) is 0 Å². The fraction of sp³-hybridized carbons (Fsp3) is 0.421. The molecule has 0 aliphatic carbocycles. The van der Waals surface area contributed by atoms with Gasteiger partial charge in [-0.05, 0) is 43.7 Å². The second-order valence-corrected chi connectivity index (χ2v) is 6.36. The van der Waals surface area contributed by atoms with Crippen molar-refractivity contribution in [3.8, 4) is 17.1 Å². The van der Waals surface area contributed by atoms with Crippen LogP contribution in [0.3, 0.4) is 0 Å². The van der Waals surface area contributed by atoms with Crippen LogP contribution in [0, 0.1) is 0 Å². The lowest BCUT2D eigenvalue weighted by Crippen LogP contribution is -2.40. The number of likely N-dealkylation sites (tertiary alicyclic amines) is 1. The topological polar surface area (TPSA) is 75.5 Å². The summed E-state index contributed by atoms with van der Waals surface area (Å²) >= 11 is 0. The summed E-state index contributed by atoms with van der Waals surface area (Å²) in [6, 6.07) is 7.74. The lowest BCUT2D eigenvalue weighted by molar-refractivity contribution is -0.138. The number of aromatic nitrogens is 2. The third-order valence-corrected chi connectivity index (χ3v) is 4.60. The first-order chi connectivity index (χ1) is 12.2. The predicted octanol–water partition coefficient (Wildman–Crippen LogP) is 2.98. The molecule has 1 saturated heterocycles. The number of rotatable bonds is 6. The molecule has 6 heteroatoms. The van der Waals surface area contributed by atoms with Crippen molar-refractivity contribution in [2.24, 2.45) is 0 Å². The number of methoxy groups -OCH3 is 1. The second kappa shape index (κ2) is 8.07. The van der Waals surface area contributed by atoms with Crippen LogP contribution in [0.25, 0.3) is 11.4 Å². The molecule has 1 N–H and O–H groups in total. The summed E-state index contributed by atoms with van der Waals surface area (Å²) < 4.78 is 5.16. The number of carbonyl (C=O) groups is 1. The highest BCUT2D eigenvalue weighted by Crippen LogP contribution is 2.23. The van der Waals surface area contributed by atoms with Crippen LogP contribution in [0.15, 0.2) is 36.7 Å². The first-order valence-electron chi connectivity index (χ1n) is 8.57. The summed E-state index contributed by atoms with van der Waals surface area (Å²) in [7, 11) is 1.64. The number of hydrogen-bond donors (Lipinski definition) is 1. The summed E-state index contributed by atoms with van der Waals surface area (Å²) in [5.74, 6) is 0.741. The Hall–Kier alpha value is -2.47. The van der Waals surface area contributed by atoms with Gasteiger partial charge in [-0.1, -0.05) is 6.42 Å². The Morgan fingerprint density at radius 1 is 1.24 bits per heavy atom. The largest absolute Gasteiger partial charge is 0.497 e. The van der Waals surface area contributed by atoms with E-state index in [0.29, 0.717) is 12.4 Å².